The molecule has 10 nitrogen and oxygen atoms in total. The van der Waals surface area contributed by atoms with Gasteiger partial charge in [-0.3, -0.25) is 14.1 Å². The molecule has 3 aromatic rings. The predicted molar refractivity (Wildman–Crippen MR) is 150 cm³/mol. The molecule has 39 heavy (non-hydrogen) atoms. The highest BCUT2D eigenvalue weighted by atomic mass is 32.2. The van der Waals surface area contributed by atoms with Gasteiger partial charge in [0.15, 0.2) is 0 Å². The van der Waals surface area contributed by atoms with E-state index >= 15 is 0 Å². The molecule has 0 aliphatic rings. The Bertz CT molecular complexity index is 1510. The topological polar surface area (TPSA) is 150 Å². The number of carbonyl (C=O) groups is 1. The van der Waals surface area contributed by atoms with Crippen molar-refractivity contribution in [3.05, 3.63) is 75.6 Å². The quantitative estimate of drug-likeness (QED) is 0.224. The third-order valence-electron chi connectivity index (χ3n) is 6.73. The van der Waals surface area contributed by atoms with Gasteiger partial charge in [-0.2, -0.15) is 5.11 Å². The Morgan fingerprint density at radius 1 is 1.00 bits per heavy atom. The van der Waals surface area contributed by atoms with Crippen LogP contribution in [0.3, 0.4) is 0 Å². The van der Waals surface area contributed by atoms with Crippen LogP contribution in [0.1, 0.15) is 61.0 Å². The zero-order valence-electron chi connectivity index (χ0n) is 22.5. The Morgan fingerprint density at radius 3 is 2.21 bits per heavy atom. The average molecular weight is 555 g/mol. The first kappa shape index (κ1) is 29.6. The summed E-state index contributed by atoms with van der Waals surface area (Å²) in [7, 11) is -3.93. The highest BCUT2D eigenvalue weighted by molar-refractivity contribution is 7.92. The molecule has 2 aromatic carbocycles. The van der Waals surface area contributed by atoms with Gasteiger partial charge in [0.1, 0.15) is 5.69 Å². The Hall–Kier alpha value is -3.99. The fourth-order valence-corrected chi connectivity index (χ4v) is 5.15. The molecule has 0 saturated carbocycles. The first-order valence-corrected chi connectivity index (χ1v) is 14.3. The van der Waals surface area contributed by atoms with Crippen molar-refractivity contribution in [1.82, 2.24) is 4.57 Å². The minimum Gasteiger partial charge on any atom is -0.493 e. The van der Waals surface area contributed by atoms with Gasteiger partial charge >= 0.3 is 5.97 Å². The first-order valence-electron chi connectivity index (χ1n) is 12.8. The number of aromatic nitrogens is 1. The van der Waals surface area contributed by atoms with Crippen LogP contribution >= 0.6 is 0 Å². The van der Waals surface area contributed by atoms with E-state index in [0.717, 1.165) is 25.7 Å². The minimum atomic E-state index is -3.93. The van der Waals surface area contributed by atoms with Crippen molar-refractivity contribution in [2.45, 2.75) is 64.8 Å². The normalized spacial score (nSPS) is 12.5. The van der Waals surface area contributed by atoms with E-state index < -0.39 is 16.0 Å². The number of aromatic carboxylic acids is 1. The SMILES string of the molecule is CCCCC(CC)Cn1c(O)c(/N=N/c2ccc(S(=O)(=O)Nc3ccc(C(=O)O)cc3)cc2)c(C)c(C)c1=O. The molecule has 0 radical (unpaired) electrons. The van der Waals surface area contributed by atoms with Crippen molar-refractivity contribution in [2.24, 2.45) is 16.1 Å². The summed E-state index contributed by atoms with van der Waals surface area (Å²) in [5.74, 6) is -1.10. The molecule has 1 aromatic heterocycles. The van der Waals surface area contributed by atoms with E-state index in [9.17, 15) is 23.1 Å². The number of unbranched alkanes of at least 4 members (excludes halogenated alkanes) is 1. The van der Waals surface area contributed by atoms with Crippen LogP contribution in [0.2, 0.25) is 0 Å². The number of nitrogens with zero attached hydrogens (tertiary/aromatic N) is 3. The van der Waals surface area contributed by atoms with Gasteiger partial charge in [-0.15, -0.1) is 5.11 Å². The van der Waals surface area contributed by atoms with Crippen LogP contribution in [0.4, 0.5) is 17.1 Å². The van der Waals surface area contributed by atoms with Gasteiger partial charge in [0.25, 0.3) is 15.6 Å². The van der Waals surface area contributed by atoms with Crippen LogP contribution in [-0.2, 0) is 16.6 Å². The number of carboxylic acid groups (broad SMARTS) is 1. The molecular formula is C28H34N4O6S. The third-order valence-corrected chi connectivity index (χ3v) is 8.13. The maximum absolute atomic E-state index is 12.9. The van der Waals surface area contributed by atoms with Gasteiger partial charge in [-0.25, -0.2) is 13.2 Å². The van der Waals surface area contributed by atoms with Crippen LogP contribution < -0.4 is 10.3 Å². The summed E-state index contributed by atoms with van der Waals surface area (Å²) in [6.07, 6.45) is 3.94. The standard InChI is InChI=1S/C28H34N4O6S/c1-5-7-8-20(6-2)17-32-26(33)19(4)18(3)25(27(32)34)30-29-22-13-15-24(16-14-22)39(37,38)31-23-11-9-21(10-12-23)28(35)36/h9-16,20,31,34H,5-8,17H2,1-4H3,(H,35,36)/b30-29+. The van der Waals surface area contributed by atoms with E-state index in [4.69, 9.17) is 5.11 Å². The van der Waals surface area contributed by atoms with Crippen molar-refractivity contribution in [3.63, 3.8) is 0 Å². The fourth-order valence-electron chi connectivity index (χ4n) is 4.09. The summed E-state index contributed by atoms with van der Waals surface area (Å²) in [5.41, 5.74) is 1.57. The number of nitrogens with one attached hydrogen (secondary N) is 1. The summed E-state index contributed by atoms with van der Waals surface area (Å²) < 4.78 is 29.2. The Labute approximate surface area is 228 Å². The van der Waals surface area contributed by atoms with Crippen LogP contribution in [-0.4, -0.2) is 29.2 Å². The van der Waals surface area contributed by atoms with E-state index in [-0.39, 0.29) is 39.2 Å². The number of benzene rings is 2. The molecule has 3 N–H and O–H groups in total. The van der Waals surface area contributed by atoms with E-state index in [1.165, 1.54) is 53.1 Å². The number of hydrogen-bond donors (Lipinski definition) is 3. The lowest BCUT2D eigenvalue weighted by molar-refractivity contribution is 0.0697. The van der Waals surface area contributed by atoms with E-state index in [2.05, 4.69) is 28.8 Å². The van der Waals surface area contributed by atoms with Gasteiger partial charge in [0, 0.05) is 17.8 Å². The molecule has 1 unspecified atom stereocenters. The van der Waals surface area contributed by atoms with Crippen LogP contribution in [0, 0.1) is 19.8 Å². The number of anilines is 1. The second-order valence-corrected chi connectivity index (χ2v) is 11.1. The fraction of sp³-hybridized carbons (Fsp3) is 0.357. The maximum Gasteiger partial charge on any atom is 0.335 e. The summed E-state index contributed by atoms with van der Waals surface area (Å²) in [6.45, 7) is 7.97. The lowest BCUT2D eigenvalue weighted by atomic mass is 9.99. The molecule has 0 fully saturated rings. The number of azo groups is 1. The number of rotatable bonds is 12. The summed E-state index contributed by atoms with van der Waals surface area (Å²) in [4.78, 5) is 23.9. The highest BCUT2D eigenvalue weighted by Gasteiger charge is 2.19. The lowest BCUT2D eigenvalue weighted by Crippen LogP contribution is -2.26. The third kappa shape index (κ3) is 7.11. The summed E-state index contributed by atoms with van der Waals surface area (Å²) in [5, 5.41) is 28.3. The van der Waals surface area contributed by atoms with Crippen LogP contribution in [0.25, 0.3) is 0 Å². The molecule has 1 heterocycles. The number of carboxylic acids is 1. The highest BCUT2D eigenvalue weighted by Crippen LogP contribution is 2.33. The number of aromatic hydroxyl groups is 1. The molecule has 0 saturated heterocycles. The molecular weight excluding hydrogens is 520 g/mol. The van der Waals surface area contributed by atoms with Gasteiger partial charge in [0.05, 0.1) is 16.1 Å². The Kier molecular flexibility index (Phi) is 9.63. The van der Waals surface area contributed by atoms with Crippen molar-refractivity contribution >= 4 is 33.1 Å². The monoisotopic (exact) mass is 554 g/mol. The van der Waals surface area contributed by atoms with Gasteiger partial charge in [-0.05, 0) is 80.3 Å². The largest absolute Gasteiger partial charge is 0.493 e. The smallest absolute Gasteiger partial charge is 0.335 e. The van der Waals surface area contributed by atoms with Gasteiger partial charge in [0.2, 0.25) is 5.88 Å². The number of hydrogen-bond acceptors (Lipinski definition) is 7. The minimum absolute atomic E-state index is 0.0233. The second kappa shape index (κ2) is 12.7. The summed E-state index contributed by atoms with van der Waals surface area (Å²) in [6, 6.07) is 11.0. The molecule has 0 bridgehead atoms. The van der Waals surface area contributed by atoms with E-state index in [0.29, 0.717) is 23.4 Å². The average Bonchev–Trinajstić information content (AvgIpc) is 2.92. The van der Waals surface area contributed by atoms with Gasteiger partial charge < -0.3 is 10.2 Å². The molecule has 1 atom stereocenters. The lowest BCUT2D eigenvalue weighted by Gasteiger charge is -2.19. The van der Waals surface area contributed by atoms with E-state index in [1.807, 2.05) is 0 Å². The number of sulfonamides is 1. The molecule has 0 aliphatic heterocycles. The molecule has 208 valence electrons. The zero-order chi connectivity index (χ0) is 28.7. The predicted octanol–water partition coefficient (Wildman–Crippen LogP) is 6.30. The van der Waals surface area contributed by atoms with E-state index in [1.54, 1.807) is 13.8 Å². The number of pyridine rings is 1. The van der Waals surface area contributed by atoms with Crippen molar-refractivity contribution in [2.75, 3.05) is 4.72 Å². The van der Waals surface area contributed by atoms with Crippen molar-refractivity contribution in [3.8, 4) is 5.88 Å². The molecule has 3 rings (SSSR count). The molecule has 11 heteroatoms. The van der Waals surface area contributed by atoms with Crippen LogP contribution in [0.15, 0.2) is 68.4 Å². The van der Waals surface area contributed by atoms with Gasteiger partial charge in [-0.1, -0.05) is 33.1 Å². The molecule has 0 aliphatic carbocycles. The first-order chi connectivity index (χ1) is 18.5. The summed E-state index contributed by atoms with van der Waals surface area (Å²) >= 11 is 0. The maximum atomic E-state index is 12.9. The molecule has 0 amide bonds. The second-order valence-electron chi connectivity index (χ2n) is 9.44. The van der Waals surface area contributed by atoms with Crippen LogP contribution in [0.5, 0.6) is 5.88 Å². The van der Waals surface area contributed by atoms with Crippen molar-refractivity contribution < 1.29 is 23.4 Å². The zero-order valence-corrected chi connectivity index (χ0v) is 23.3. The molecule has 0 spiro atoms. The Morgan fingerprint density at radius 2 is 1.64 bits per heavy atom. The van der Waals surface area contributed by atoms with Crippen molar-refractivity contribution in [1.29, 1.82) is 0 Å². The Balaban J connectivity index is 1.83.